The van der Waals surface area contributed by atoms with Crippen LogP contribution in [0.25, 0.3) is 11.0 Å². The van der Waals surface area contributed by atoms with Crippen molar-refractivity contribution in [1.82, 2.24) is 19.7 Å². The van der Waals surface area contributed by atoms with Crippen molar-refractivity contribution in [3.63, 3.8) is 0 Å². The molecule has 0 spiro atoms. The van der Waals surface area contributed by atoms with Crippen LogP contribution in [0.3, 0.4) is 0 Å². The van der Waals surface area contributed by atoms with Gasteiger partial charge in [-0.1, -0.05) is 6.92 Å². The second-order valence-corrected chi connectivity index (χ2v) is 5.74. The number of rotatable bonds is 2. The molecule has 5 heteroatoms. The zero-order valence-corrected chi connectivity index (χ0v) is 12.1. The molecular weight excluding hydrogens is 292 g/mol. The Labute approximate surface area is 115 Å². The molecule has 0 aromatic carbocycles. The van der Waals surface area contributed by atoms with Crippen LogP contribution in [0, 0.1) is 0 Å². The number of likely N-dealkylation sites (tertiary alicyclic amines) is 1. The molecule has 3 rings (SSSR count). The number of halogens is 1. The molecule has 0 radical (unpaired) electrons. The van der Waals surface area contributed by atoms with Crippen LogP contribution in [-0.2, 0) is 0 Å². The molecule has 1 aliphatic heterocycles. The summed E-state index contributed by atoms with van der Waals surface area (Å²) in [7, 11) is 0. The van der Waals surface area contributed by atoms with E-state index < -0.39 is 0 Å². The van der Waals surface area contributed by atoms with E-state index in [1.165, 1.54) is 25.9 Å². The fourth-order valence-corrected chi connectivity index (χ4v) is 3.01. The highest BCUT2D eigenvalue weighted by Gasteiger charge is 2.21. The molecule has 0 N–H and O–H groups in total. The van der Waals surface area contributed by atoms with Crippen LogP contribution in [0.2, 0.25) is 0 Å². The Kier molecular flexibility index (Phi) is 3.35. The Morgan fingerprint density at radius 2 is 2.11 bits per heavy atom. The maximum atomic E-state index is 4.53. The van der Waals surface area contributed by atoms with Crippen LogP contribution < -0.4 is 0 Å². The van der Waals surface area contributed by atoms with Gasteiger partial charge in [-0.25, -0.2) is 9.67 Å². The second-order valence-electron chi connectivity index (χ2n) is 4.82. The third kappa shape index (κ3) is 2.17. The quantitative estimate of drug-likeness (QED) is 0.855. The molecule has 2 aromatic rings. The summed E-state index contributed by atoms with van der Waals surface area (Å²) in [6.07, 6.45) is 6.10. The van der Waals surface area contributed by atoms with E-state index in [4.69, 9.17) is 0 Å². The SMILES string of the molecule is CCN1CCC(n2ncc3cc(Br)cnc32)CC1. The lowest BCUT2D eigenvalue weighted by Crippen LogP contribution is -2.34. The van der Waals surface area contributed by atoms with Gasteiger partial charge in [-0.05, 0) is 41.4 Å². The van der Waals surface area contributed by atoms with Gasteiger partial charge in [0.15, 0.2) is 5.65 Å². The molecule has 0 amide bonds. The maximum absolute atomic E-state index is 4.53. The van der Waals surface area contributed by atoms with E-state index in [-0.39, 0.29) is 0 Å². The minimum absolute atomic E-state index is 0.499. The first-order chi connectivity index (χ1) is 8.78. The number of hydrogen-bond acceptors (Lipinski definition) is 3. The minimum Gasteiger partial charge on any atom is -0.303 e. The molecule has 3 heterocycles. The van der Waals surface area contributed by atoms with Gasteiger partial charge in [0.25, 0.3) is 0 Å². The molecule has 18 heavy (non-hydrogen) atoms. The highest BCUT2D eigenvalue weighted by Crippen LogP contribution is 2.26. The molecule has 0 aliphatic carbocycles. The van der Waals surface area contributed by atoms with E-state index >= 15 is 0 Å². The Bertz CT molecular complexity index is 543. The third-order valence-electron chi connectivity index (χ3n) is 3.75. The van der Waals surface area contributed by atoms with Crippen molar-refractivity contribution >= 4 is 27.0 Å². The Morgan fingerprint density at radius 1 is 1.33 bits per heavy atom. The second kappa shape index (κ2) is 4.97. The Balaban J connectivity index is 1.87. The standard InChI is InChI=1S/C13H17BrN4/c1-2-17-5-3-12(4-6-17)18-13-10(8-16-18)7-11(14)9-15-13/h7-9,12H,2-6H2,1H3. The summed E-state index contributed by atoms with van der Waals surface area (Å²) >= 11 is 3.45. The summed E-state index contributed by atoms with van der Waals surface area (Å²) in [6.45, 7) is 5.71. The fraction of sp³-hybridized carbons (Fsp3) is 0.538. The molecule has 4 nitrogen and oxygen atoms in total. The Hall–Kier alpha value is -0.940. The van der Waals surface area contributed by atoms with Gasteiger partial charge < -0.3 is 4.90 Å². The molecular formula is C13H17BrN4. The molecule has 2 aromatic heterocycles. The predicted octanol–water partition coefficient (Wildman–Crippen LogP) is 2.85. The zero-order valence-electron chi connectivity index (χ0n) is 10.5. The minimum atomic E-state index is 0.499. The fourth-order valence-electron chi connectivity index (χ4n) is 2.66. The number of aromatic nitrogens is 3. The largest absolute Gasteiger partial charge is 0.303 e. The average Bonchev–Trinajstić information content (AvgIpc) is 2.81. The maximum Gasteiger partial charge on any atom is 0.158 e. The normalized spacial score (nSPS) is 18.6. The van der Waals surface area contributed by atoms with Gasteiger partial charge in [0.05, 0.1) is 12.2 Å². The molecule has 1 aliphatic rings. The summed E-state index contributed by atoms with van der Waals surface area (Å²) in [5.74, 6) is 0. The number of pyridine rings is 1. The van der Waals surface area contributed by atoms with E-state index in [2.05, 4.69) is 48.6 Å². The first-order valence-electron chi connectivity index (χ1n) is 6.49. The van der Waals surface area contributed by atoms with E-state index in [9.17, 15) is 0 Å². The topological polar surface area (TPSA) is 34.0 Å². The van der Waals surface area contributed by atoms with E-state index in [1.54, 1.807) is 0 Å². The van der Waals surface area contributed by atoms with Gasteiger partial charge in [0.2, 0.25) is 0 Å². The van der Waals surface area contributed by atoms with Crippen molar-refractivity contribution < 1.29 is 0 Å². The van der Waals surface area contributed by atoms with Crippen LogP contribution in [0.5, 0.6) is 0 Å². The summed E-state index contributed by atoms with van der Waals surface area (Å²) in [4.78, 5) is 6.99. The molecule has 0 bridgehead atoms. The average molecular weight is 309 g/mol. The first-order valence-corrected chi connectivity index (χ1v) is 7.28. The number of nitrogens with zero attached hydrogens (tertiary/aromatic N) is 4. The lowest BCUT2D eigenvalue weighted by Gasteiger charge is -2.31. The van der Waals surface area contributed by atoms with E-state index in [1.807, 2.05) is 12.4 Å². The van der Waals surface area contributed by atoms with Crippen molar-refractivity contribution in [1.29, 1.82) is 0 Å². The van der Waals surface area contributed by atoms with Crippen molar-refractivity contribution in [2.75, 3.05) is 19.6 Å². The molecule has 0 saturated carbocycles. The summed E-state index contributed by atoms with van der Waals surface area (Å²) < 4.78 is 3.12. The number of piperidine rings is 1. The van der Waals surface area contributed by atoms with Crippen molar-refractivity contribution in [2.24, 2.45) is 0 Å². The van der Waals surface area contributed by atoms with Crippen LogP contribution in [0.4, 0.5) is 0 Å². The lowest BCUT2D eigenvalue weighted by molar-refractivity contribution is 0.189. The van der Waals surface area contributed by atoms with Gasteiger partial charge in [-0.2, -0.15) is 5.10 Å². The number of fused-ring (bicyclic) bond motifs is 1. The van der Waals surface area contributed by atoms with Crippen LogP contribution in [0.1, 0.15) is 25.8 Å². The molecule has 1 saturated heterocycles. The molecule has 96 valence electrons. The summed E-state index contributed by atoms with van der Waals surface area (Å²) in [5.41, 5.74) is 1.01. The lowest BCUT2D eigenvalue weighted by atomic mass is 10.1. The van der Waals surface area contributed by atoms with Gasteiger partial charge >= 0.3 is 0 Å². The van der Waals surface area contributed by atoms with Gasteiger partial charge in [-0.3, -0.25) is 0 Å². The highest BCUT2D eigenvalue weighted by molar-refractivity contribution is 9.10. The van der Waals surface area contributed by atoms with Gasteiger partial charge in [0, 0.05) is 29.1 Å². The summed E-state index contributed by atoms with van der Waals surface area (Å²) in [5, 5.41) is 5.64. The smallest absolute Gasteiger partial charge is 0.158 e. The van der Waals surface area contributed by atoms with Crippen molar-refractivity contribution in [2.45, 2.75) is 25.8 Å². The van der Waals surface area contributed by atoms with Crippen LogP contribution >= 0.6 is 15.9 Å². The van der Waals surface area contributed by atoms with E-state index in [0.29, 0.717) is 6.04 Å². The predicted molar refractivity (Wildman–Crippen MR) is 75.6 cm³/mol. The molecule has 0 unspecified atom stereocenters. The summed E-state index contributed by atoms with van der Waals surface area (Å²) in [6, 6.07) is 2.58. The third-order valence-corrected chi connectivity index (χ3v) is 4.18. The van der Waals surface area contributed by atoms with Crippen molar-refractivity contribution in [3.05, 3.63) is 22.9 Å². The molecule has 1 fully saturated rings. The highest BCUT2D eigenvalue weighted by atomic mass is 79.9. The zero-order chi connectivity index (χ0) is 12.5. The monoisotopic (exact) mass is 308 g/mol. The Morgan fingerprint density at radius 3 is 2.83 bits per heavy atom. The molecule has 0 atom stereocenters. The first kappa shape index (κ1) is 12.1. The van der Waals surface area contributed by atoms with Gasteiger partial charge in [0.1, 0.15) is 0 Å². The van der Waals surface area contributed by atoms with Crippen LogP contribution in [0.15, 0.2) is 22.9 Å². The van der Waals surface area contributed by atoms with Crippen LogP contribution in [-0.4, -0.2) is 39.3 Å². The van der Waals surface area contributed by atoms with E-state index in [0.717, 1.165) is 22.1 Å². The van der Waals surface area contributed by atoms with Crippen molar-refractivity contribution in [3.8, 4) is 0 Å². The van der Waals surface area contributed by atoms with Gasteiger partial charge in [-0.15, -0.1) is 0 Å². The number of hydrogen-bond donors (Lipinski definition) is 0.